The van der Waals surface area contributed by atoms with Gasteiger partial charge in [0.1, 0.15) is 0 Å². The normalized spacial score (nSPS) is 11.3. The predicted molar refractivity (Wildman–Crippen MR) is 148 cm³/mol. The van der Waals surface area contributed by atoms with Gasteiger partial charge in [-0.2, -0.15) is 0 Å². The van der Waals surface area contributed by atoms with E-state index in [1.807, 2.05) is 36.4 Å². The molecule has 0 aliphatic heterocycles. The molecular weight excluding hydrogens is 416 g/mol. The number of rotatable bonds is 17. The van der Waals surface area contributed by atoms with Crippen molar-refractivity contribution in [3.8, 4) is 11.1 Å². The van der Waals surface area contributed by atoms with Crippen molar-refractivity contribution in [2.75, 3.05) is 11.9 Å². The number of allylic oxidation sites excluding steroid dienone is 4. The van der Waals surface area contributed by atoms with Crippen LogP contribution in [-0.4, -0.2) is 12.6 Å². The molecule has 0 radical (unpaired) electrons. The maximum Gasteiger partial charge on any atom is 0.319 e. The van der Waals surface area contributed by atoms with Crippen molar-refractivity contribution in [2.24, 2.45) is 0 Å². The van der Waals surface area contributed by atoms with Crippen LogP contribution in [-0.2, 0) is 0 Å². The second-order valence-electron chi connectivity index (χ2n) is 8.91. The van der Waals surface area contributed by atoms with E-state index in [4.69, 9.17) is 0 Å². The van der Waals surface area contributed by atoms with Gasteiger partial charge in [-0.15, -0.1) is 0 Å². The molecule has 2 aromatic rings. The van der Waals surface area contributed by atoms with Crippen LogP contribution in [0.15, 0.2) is 78.9 Å². The number of hydrogen-bond acceptors (Lipinski definition) is 1. The zero-order chi connectivity index (χ0) is 24.1. The Kier molecular flexibility index (Phi) is 15.0. The topological polar surface area (TPSA) is 41.1 Å². The van der Waals surface area contributed by atoms with E-state index < -0.39 is 0 Å². The molecule has 0 aliphatic rings. The Labute approximate surface area is 207 Å². The van der Waals surface area contributed by atoms with Gasteiger partial charge in [-0.1, -0.05) is 112 Å². The number of carbonyl (C=O) groups excluding carboxylic acids is 1. The molecule has 184 valence electrons. The third-order valence-electron chi connectivity index (χ3n) is 5.89. The first-order valence-corrected chi connectivity index (χ1v) is 13.3. The van der Waals surface area contributed by atoms with E-state index in [0.29, 0.717) is 0 Å². The highest BCUT2D eigenvalue weighted by molar-refractivity contribution is 5.90. The largest absolute Gasteiger partial charge is 0.338 e. The number of anilines is 1. The highest BCUT2D eigenvalue weighted by atomic mass is 16.2. The number of carbonyl (C=O) groups is 1. The Morgan fingerprint density at radius 1 is 0.706 bits per heavy atom. The molecule has 0 fully saturated rings. The fourth-order valence-corrected chi connectivity index (χ4v) is 3.90. The molecule has 0 spiro atoms. The SMILES string of the molecule is CCCCC/C=C/C/C=C/CCCCCCCCNC(=O)Nc1cccc(-c2ccccc2)c1. The van der Waals surface area contributed by atoms with Crippen LogP contribution in [0.1, 0.15) is 84.0 Å². The highest BCUT2D eigenvalue weighted by Gasteiger charge is 2.03. The van der Waals surface area contributed by atoms with E-state index >= 15 is 0 Å². The number of urea groups is 1. The van der Waals surface area contributed by atoms with Crippen LogP contribution in [0.4, 0.5) is 10.5 Å². The Balaban J connectivity index is 1.44. The summed E-state index contributed by atoms with van der Waals surface area (Å²) in [6.07, 6.45) is 24.0. The van der Waals surface area contributed by atoms with Crippen LogP contribution >= 0.6 is 0 Å². The lowest BCUT2D eigenvalue weighted by molar-refractivity contribution is 0.252. The number of unbranched alkanes of at least 4 members (excludes halogenated alkanes) is 9. The van der Waals surface area contributed by atoms with E-state index in [-0.39, 0.29) is 6.03 Å². The third-order valence-corrected chi connectivity index (χ3v) is 5.89. The summed E-state index contributed by atoms with van der Waals surface area (Å²) in [6, 6.07) is 18.0. The number of hydrogen-bond donors (Lipinski definition) is 2. The molecule has 34 heavy (non-hydrogen) atoms. The summed E-state index contributed by atoms with van der Waals surface area (Å²) in [5, 5.41) is 5.92. The van der Waals surface area contributed by atoms with Crippen LogP contribution in [0.3, 0.4) is 0 Å². The molecule has 0 saturated heterocycles. The lowest BCUT2D eigenvalue weighted by atomic mass is 10.1. The molecule has 2 N–H and O–H groups in total. The first-order chi connectivity index (χ1) is 16.8. The van der Waals surface area contributed by atoms with Crippen molar-refractivity contribution in [1.82, 2.24) is 5.32 Å². The smallest absolute Gasteiger partial charge is 0.319 e. The predicted octanol–water partition coefficient (Wildman–Crippen LogP) is 9.29. The van der Waals surface area contributed by atoms with Gasteiger partial charge in [0.05, 0.1) is 0 Å². The van der Waals surface area contributed by atoms with E-state index in [1.54, 1.807) is 0 Å². The molecule has 0 aromatic heterocycles. The average Bonchev–Trinajstić information content (AvgIpc) is 2.86. The van der Waals surface area contributed by atoms with Gasteiger partial charge in [-0.05, 0) is 61.8 Å². The zero-order valence-corrected chi connectivity index (χ0v) is 21.1. The Bertz CT molecular complexity index is 842. The molecule has 3 nitrogen and oxygen atoms in total. The van der Waals surface area contributed by atoms with Gasteiger partial charge in [-0.3, -0.25) is 0 Å². The summed E-state index contributed by atoms with van der Waals surface area (Å²) in [5.41, 5.74) is 3.06. The number of amides is 2. The molecule has 2 amide bonds. The van der Waals surface area contributed by atoms with Crippen molar-refractivity contribution >= 4 is 11.7 Å². The summed E-state index contributed by atoms with van der Waals surface area (Å²) in [4.78, 5) is 12.2. The molecule has 0 bridgehead atoms. The van der Waals surface area contributed by atoms with Crippen LogP contribution in [0.5, 0.6) is 0 Å². The minimum absolute atomic E-state index is 0.132. The Hall–Kier alpha value is -2.81. The van der Waals surface area contributed by atoms with Gasteiger partial charge in [0.15, 0.2) is 0 Å². The first-order valence-electron chi connectivity index (χ1n) is 13.3. The van der Waals surface area contributed by atoms with E-state index in [0.717, 1.165) is 36.2 Å². The van der Waals surface area contributed by atoms with Gasteiger partial charge in [0.2, 0.25) is 0 Å². The van der Waals surface area contributed by atoms with Crippen LogP contribution in [0.25, 0.3) is 11.1 Å². The van der Waals surface area contributed by atoms with Crippen LogP contribution in [0, 0.1) is 0 Å². The molecule has 0 aliphatic carbocycles. The van der Waals surface area contributed by atoms with E-state index in [2.05, 4.69) is 60.1 Å². The Morgan fingerprint density at radius 2 is 1.35 bits per heavy atom. The van der Waals surface area contributed by atoms with Crippen molar-refractivity contribution in [2.45, 2.75) is 84.0 Å². The second kappa shape index (κ2) is 18.6. The monoisotopic (exact) mass is 460 g/mol. The Morgan fingerprint density at radius 3 is 2.09 bits per heavy atom. The lowest BCUT2D eigenvalue weighted by Crippen LogP contribution is -2.29. The minimum atomic E-state index is -0.132. The zero-order valence-electron chi connectivity index (χ0n) is 21.1. The highest BCUT2D eigenvalue weighted by Crippen LogP contribution is 2.22. The lowest BCUT2D eigenvalue weighted by Gasteiger charge is -2.09. The van der Waals surface area contributed by atoms with Crippen molar-refractivity contribution < 1.29 is 4.79 Å². The van der Waals surface area contributed by atoms with Crippen LogP contribution in [0.2, 0.25) is 0 Å². The summed E-state index contributed by atoms with van der Waals surface area (Å²) in [6.45, 7) is 2.97. The number of benzene rings is 2. The molecule has 2 rings (SSSR count). The van der Waals surface area contributed by atoms with Gasteiger partial charge in [0.25, 0.3) is 0 Å². The van der Waals surface area contributed by atoms with Crippen LogP contribution < -0.4 is 10.6 Å². The van der Waals surface area contributed by atoms with E-state index in [1.165, 1.54) is 64.2 Å². The average molecular weight is 461 g/mol. The molecular formula is C31H44N2O. The van der Waals surface area contributed by atoms with Gasteiger partial charge in [-0.25, -0.2) is 4.79 Å². The molecule has 2 aromatic carbocycles. The summed E-state index contributed by atoms with van der Waals surface area (Å²) in [7, 11) is 0. The van der Waals surface area contributed by atoms with Crippen molar-refractivity contribution in [3.63, 3.8) is 0 Å². The molecule has 0 saturated carbocycles. The maximum absolute atomic E-state index is 12.2. The molecule has 0 unspecified atom stereocenters. The number of nitrogens with one attached hydrogen (secondary N) is 2. The summed E-state index contributed by atoms with van der Waals surface area (Å²) >= 11 is 0. The fourth-order valence-electron chi connectivity index (χ4n) is 3.90. The second-order valence-corrected chi connectivity index (χ2v) is 8.91. The van der Waals surface area contributed by atoms with Crippen molar-refractivity contribution in [3.05, 3.63) is 78.9 Å². The molecule has 0 atom stereocenters. The van der Waals surface area contributed by atoms with Gasteiger partial charge in [0, 0.05) is 12.2 Å². The third kappa shape index (κ3) is 13.0. The molecule has 0 heterocycles. The quantitative estimate of drug-likeness (QED) is 0.179. The van der Waals surface area contributed by atoms with Gasteiger partial charge < -0.3 is 10.6 Å². The minimum Gasteiger partial charge on any atom is -0.338 e. The van der Waals surface area contributed by atoms with Gasteiger partial charge >= 0.3 is 6.03 Å². The van der Waals surface area contributed by atoms with Crippen molar-refractivity contribution in [1.29, 1.82) is 0 Å². The summed E-state index contributed by atoms with van der Waals surface area (Å²) < 4.78 is 0. The standard InChI is InChI=1S/C31H44N2O/c1-2-3-4-5-6-7-8-9-10-11-12-13-14-15-16-20-26-32-31(34)33-30-25-21-24-29(27-30)28-22-18-17-19-23-28/h6-7,9-10,17-19,21-25,27H,2-5,8,11-16,20,26H2,1H3,(H2,32,33,34)/b7-6+,10-9+. The first kappa shape index (κ1) is 27.4. The van der Waals surface area contributed by atoms with E-state index in [9.17, 15) is 4.79 Å². The summed E-state index contributed by atoms with van der Waals surface area (Å²) in [5.74, 6) is 0. The molecule has 3 heteroatoms. The maximum atomic E-state index is 12.2. The fraction of sp³-hybridized carbons (Fsp3) is 0.452.